The highest BCUT2D eigenvalue weighted by molar-refractivity contribution is 7.18. The molecule has 1 aliphatic rings. The molecule has 0 saturated carbocycles. The highest BCUT2D eigenvalue weighted by Crippen LogP contribution is 2.33. The average Bonchev–Trinajstić information content (AvgIpc) is 3.06. The van der Waals surface area contributed by atoms with Crippen molar-refractivity contribution in [2.45, 2.75) is 58.5 Å². The molecule has 0 fully saturated rings. The summed E-state index contributed by atoms with van der Waals surface area (Å²) in [7, 11) is 0. The maximum absolute atomic E-state index is 13.0. The number of nitrogens with one attached hydrogen (secondary N) is 1. The van der Waals surface area contributed by atoms with Crippen LogP contribution in [0.4, 0.5) is 0 Å². The first-order valence-electron chi connectivity index (χ1n) is 10.2. The third kappa shape index (κ3) is 4.18. The fourth-order valence-corrected chi connectivity index (χ4v) is 5.14. The lowest BCUT2D eigenvalue weighted by Crippen LogP contribution is -2.35. The van der Waals surface area contributed by atoms with Gasteiger partial charge in [-0.3, -0.25) is 14.3 Å². The lowest BCUT2D eigenvalue weighted by Gasteiger charge is -2.23. The summed E-state index contributed by atoms with van der Waals surface area (Å²) in [6, 6.07) is 6.52. The molecule has 3 aromatic heterocycles. The fourth-order valence-electron chi connectivity index (χ4n) is 3.88. The lowest BCUT2D eigenvalue weighted by molar-refractivity contribution is 0.465. The second kappa shape index (κ2) is 8.53. The van der Waals surface area contributed by atoms with Crippen LogP contribution in [-0.2, 0) is 25.8 Å². The zero-order valence-corrected chi connectivity index (χ0v) is 17.5. The first-order valence-corrected chi connectivity index (χ1v) is 11.1. The van der Waals surface area contributed by atoms with E-state index in [9.17, 15) is 4.79 Å². The monoisotopic (exact) mass is 396 g/mol. The third-order valence-electron chi connectivity index (χ3n) is 5.52. The van der Waals surface area contributed by atoms with E-state index in [1.807, 2.05) is 18.3 Å². The minimum Gasteiger partial charge on any atom is -0.313 e. The molecule has 148 valence electrons. The van der Waals surface area contributed by atoms with Crippen LogP contribution in [0.3, 0.4) is 0 Å². The number of thiophene rings is 1. The minimum atomic E-state index is 0.143. The third-order valence-corrected chi connectivity index (χ3v) is 6.69. The molecule has 5 nitrogen and oxygen atoms in total. The summed E-state index contributed by atoms with van der Waals surface area (Å²) in [5.74, 6) is 0.580. The second-order valence-electron chi connectivity index (χ2n) is 8.07. The summed E-state index contributed by atoms with van der Waals surface area (Å²) in [5, 5.41) is 4.55. The van der Waals surface area contributed by atoms with Gasteiger partial charge in [-0.2, -0.15) is 0 Å². The van der Waals surface area contributed by atoms with Crippen LogP contribution >= 0.6 is 11.3 Å². The van der Waals surface area contributed by atoms with Gasteiger partial charge in [0, 0.05) is 42.3 Å². The Morgan fingerprint density at radius 1 is 1.32 bits per heavy atom. The Morgan fingerprint density at radius 2 is 2.21 bits per heavy atom. The number of aromatic nitrogens is 3. The number of rotatable bonds is 7. The van der Waals surface area contributed by atoms with Gasteiger partial charge in [-0.1, -0.05) is 19.9 Å². The van der Waals surface area contributed by atoms with Gasteiger partial charge < -0.3 is 5.32 Å². The molecule has 0 bridgehead atoms. The Balaban J connectivity index is 1.45. The molecule has 0 spiro atoms. The molecule has 0 saturated heterocycles. The van der Waals surface area contributed by atoms with Crippen LogP contribution in [0.2, 0.25) is 0 Å². The quantitative estimate of drug-likeness (QED) is 0.663. The first kappa shape index (κ1) is 19.3. The van der Waals surface area contributed by atoms with Crippen molar-refractivity contribution in [3.8, 4) is 0 Å². The largest absolute Gasteiger partial charge is 0.313 e. The van der Waals surface area contributed by atoms with Crippen molar-refractivity contribution in [3.63, 3.8) is 0 Å². The number of aryl methyl sites for hydroxylation is 2. The molecule has 6 heteroatoms. The van der Waals surface area contributed by atoms with Crippen LogP contribution in [0.15, 0.2) is 35.5 Å². The van der Waals surface area contributed by atoms with Gasteiger partial charge in [0.05, 0.1) is 11.7 Å². The molecular formula is C22H28N4OS. The van der Waals surface area contributed by atoms with Crippen molar-refractivity contribution in [2.24, 2.45) is 5.92 Å². The molecule has 1 atom stereocenters. The number of hydrogen-bond donors (Lipinski definition) is 1. The van der Waals surface area contributed by atoms with Crippen molar-refractivity contribution in [1.29, 1.82) is 0 Å². The summed E-state index contributed by atoms with van der Waals surface area (Å²) in [6.45, 7) is 6.05. The van der Waals surface area contributed by atoms with Gasteiger partial charge in [-0.25, -0.2) is 4.98 Å². The van der Waals surface area contributed by atoms with Gasteiger partial charge in [0.1, 0.15) is 4.83 Å². The molecule has 3 heterocycles. The van der Waals surface area contributed by atoms with E-state index in [1.54, 1.807) is 22.2 Å². The Kier molecular flexibility index (Phi) is 5.87. The maximum Gasteiger partial charge on any atom is 0.262 e. The van der Waals surface area contributed by atoms with Gasteiger partial charge in [-0.05, 0) is 49.3 Å². The topological polar surface area (TPSA) is 59.8 Å². The smallest absolute Gasteiger partial charge is 0.262 e. The second-order valence-corrected chi connectivity index (χ2v) is 9.16. The van der Waals surface area contributed by atoms with Crippen LogP contribution in [0.5, 0.6) is 0 Å². The van der Waals surface area contributed by atoms with Crippen LogP contribution in [-0.4, -0.2) is 27.1 Å². The average molecular weight is 397 g/mol. The summed E-state index contributed by atoms with van der Waals surface area (Å²) >= 11 is 1.70. The molecule has 1 unspecified atom stereocenters. The SMILES string of the molecule is CC(C)CCn1cnc2sc3c(c2c1=O)CCC(NCCc1ccccn1)C3. The molecule has 1 aliphatic carbocycles. The van der Waals surface area contributed by atoms with E-state index in [0.29, 0.717) is 12.0 Å². The van der Waals surface area contributed by atoms with Gasteiger partial charge >= 0.3 is 0 Å². The van der Waals surface area contributed by atoms with Crippen molar-refractivity contribution < 1.29 is 0 Å². The molecule has 3 aromatic rings. The Morgan fingerprint density at radius 3 is 3.00 bits per heavy atom. The van der Waals surface area contributed by atoms with Crippen LogP contribution < -0.4 is 10.9 Å². The number of hydrogen-bond acceptors (Lipinski definition) is 5. The van der Waals surface area contributed by atoms with E-state index >= 15 is 0 Å². The van der Waals surface area contributed by atoms with E-state index < -0.39 is 0 Å². The summed E-state index contributed by atoms with van der Waals surface area (Å²) < 4.78 is 1.80. The lowest BCUT2D eigenvalue weighted by atomic mass is 9.93. The predicted octanol–water partition coefficient (Wildman–Crippen LogP) is 3.59. The molecular weight excluding hydrogens is 368 g/mol. The maximum atomic E-state index is 13.0. The van der Waals surface area contributed by atoms with E-state index in [4.69, 9.17) is 0 Å². The normalized spacial score (nSPS) is 16.6. The van der Waals surface area contributed by atoms with E-state index in [1.165, 1.54) is 10.4 Å². The molecule has 0 aliphatic heterocycles. The van der Waals surface area contributed by atoms with E-state index in [2.05, 4.69) is 35.2 Å². The van der Waals surface area contributed by atoms with E-state index in [-0.39, 0.29) is 5.56 Å². The van der Waals surface area contributed by atoms with Crippen LogP contribution in [0.1, 0.15) is 42.8 Å². The first-order chi connectivity index (χ1) is 13.6. The highest BCUT2D eigenvalue weighted by Gasteiger charge is 2.25. The fraction of sp³-hybridized carbons (Fsp3) is 0.500. The Labute approximate surface area is 169 Å². The molecule has 1 N–H and O–H groups in total. The van der Waals surface area contributed by atoms with Gasteiger partial charge in [0.15, 0.2) is 0 Å². The number of fused-ring (bicyclic) bond motifs is 3. The minimum absolute atomic E-state index is 0.143. The number of pyridine rings is 1. The van der Waals surface area contributed by atoms with Crippen LogP contribution in [0.25, 0.3) is 10.2 Å². The summed E-state index contributed by atoms with van der Waals surface area (Å²) in [6.07, 6.45) is 8.55. The Hall–Kier alpha value is -2.05. The molecule has 0 amide bonds. The molecule has 0 radical (unpaired) electrons. The van der Waals surface area contributed by atoms with Gasteiger partial charge in [0.25, 0.3) is 5.56 Å². The molecule has 0 aromatic carbocycles. The number of nitrogens with zero attached hydrogens (tertiary/aromatic N) is 3. The van der Waals surface area contributed by atoms with Gasteiger partial charge in [-0.15, -0.1) is 11.3 Å². The highest BCUT2D eigenvalue weighted by atomic mass is 32.1. The zero-order valence-electron chi connectivity index (χ0n) is 16.6. The van der Waals surface area contributed by atoms with Crippen molar-refractivity contribution in [2.75, 3.05) is 6.54 Å². The molecule has 28 heavy (non-hydrogen) atoms. The standard InChI is InChI=1S/C22H28N4OS/c1-15(2)9-12-26-14-25-21-20(22(26)27)18-7-6-17(13-19(18)28-21)24-11-8-16-5-3-4-10-23-16/h3-5,10,14-15,17,24H,6-9,11-13H2,1-2H3. The summed E-state index contributed by atoms with van der Waals surface area (Å²) in [4.78, 5) is 24.2. The van der Waals surface area contributed by atoms with Crippen LogP contribution in [0, 0.1) is 5.92 Å². The van der Waals surface area contributed by atoms with E-state index in [0.717, 1.165) is 61.1 Å². The zero-order chi connectivity index (χ0) is 19.5. The van der Waals surface area contributed by atoms with Crippen molar-refractivity contribution in [1.82, 2.24) is 19.9 Å². The summed E-state index contributed by atoms with van der Waals surface area (Å²) in [5.41, 5.74) is 2.52. The Bertz CT molecular complexity index is 993. The predicted molar refractivity (Wildman–Crippen MR) is 115 cm³/mol. The van der Waals surface area contributed by atoms with Gasteiger partial charge in [0.2, 0.25) is 0 Å². The van der Waals surface area contributed by atoms with Crippen molar-refractivity contribution >= 4 is 21.6 Å². The molecule has 4 rings (SSSR count). The van der Waals surface area contributed by atoms with Crippen molar-refractivity contribution in [3.05, 3.63) is 57.2 Å².